The lowest BCUT2D eigenvalue weighted by molar-refractivity contribution is -0.148. The standard InChI is InChI=1S/C12H14Cl2N4O2/c1-12(11(19)20-2,16-5-6-17-18-15)9-7-8(13)3-4-10(9)14/h3-4,7,16H,5-6H2,1-2H3. The van der Waals surface area contributed by atoms with Crippen LogP contribution in [0.15, 0.2) is 23.3 Å². The lowest BCUT2D eigenvalue weighted by atomic mass is 9.92. The zero-order chi connectivity index (χ0) is 15.2. The Morgan fingerprint density at radius 3 is 2.85 bits per heavy atom. The average Bonchev–Trinajstić information content (AvgIpc) is 2.45. The molecule has 1 rings (SSSR count). The third-order valence-corrected chi connectivity index (χ3v) is 3.38. The predicted molar refractivity (Wildman–Crippen MR) is 77.8 cm³/mol. The van der Waals surface area contributed by atoms with E-state index in [0.717, 1.165) is 0 Å². The van der Waals surface area contributed by atoms with Gasteiger partial charge in [-0.2, -0.15) is 0 Å². The number of ether oxygens (including phenoxy) is 1. The van der Waals surface area contributed by atoms with E-state index in [1.807, 2.05) is 0 Å². The molecule has 1 aromatic carbocycles. The maximum Gasteiger partial charge on any atom is 0.330 e. The molecule has 1 N–H and O–H groups in total. The third-order valence-electron chi connectivity index (χ3n) is 2.81. The second kappa shape index (κ2) is 7.36. The van der Waals surface area contributed by atoms with Crippen molar-refractivity contribution in [3.63, 3.8) is 0 Å². The van der Waals surface area contributed by atoms with Crippen LogP contribution in [0, 0.1) is 0 Å². The first-order valence-corrected chi connectivity index (χ1v) is 6.51. The molecule has 6 nitrogen and oxygen atoms in total. The fraction of sp³-hybridized carbons (Fsp3) is 0.417. The third kappa shape index (κ3) is 3.77. The molecule has 0 amide bonds. The normalized spacial score (nSPS) is 13.2. The van der Waals surface area contributed by atoms with Gasteiger partial charge in [0.1, 0.15) is 5.54 Å². The van der Waals surface area contributed by atoms with Gasteiger partial charge in [0.25, 0.3) is 0 Å². The number of benzene rings is 1. The molecule has 0 bridgehead atoms. The van der Waals surface area contributed by atoms with Gasteiger partial charge in [0.2, 0.25) is 0 Å². The van der Waals surface area contributed by atoms with Gasteiger partial charge in [-0.15, -0.1) is 0 Å². The highest BCUT2D eigenvalue weighted by Gasteiger charge is 2.37. The molecule has 0 aliphatic rings. The molecule has 108 valence electrons. The Bertz CT molecular complexity index is 546. The summed E-state index contributed by atoms with van der Waals surface area (Å²) in [4.78, 5) is 14.7. The fourth-order valence-electron chi connectivity index (χ4n) is 1.76. The molecule has 1 unspecified atom stereocenters. The lowest BCUT2D eigenvalue weighted by Crippen LogP contribution is -2.48. The summed E-state index contributed by atoms with van der Waals surface area (Å²) in [6, 6.07) is 4.84. The van der Waals surface area contributed by atoms with Crippen LogP contribution in [0.2, 0.25) is 10.0 Å². The number of carbonyl (C=O) groups is 1. The summed E-state index contributed by atoms with van der Waals surface area (Å²) in [5, 5.41) is 7.23. The van der Waals surface area contributed by atoms with Gasteiger partial charge in [-0.3, -0.25) is 5.32 Å². The molecular weight excluding hydrogens is 303 g/mol. The minimum Gasteiger partial charge on any atom is -0.467 e. The van der Waals surface area contributed by atoms with Crippen molar-refractivity contribution in [3.8, 4) is 0 Å². The van der Waals surface area contributed by atoms with E-state index in [0.29, 0.717) is 22.2 Å². The van der Waals surface area contributed by atoms with Gasteiger partial charge in [-0.25, -0.2) is 4.79 Å². The predicted octanol–water partition coefficient (Wildman–Crippen LogP) is 3.28. The highest BCUT2D eigenvalue weighted by molar-refractivity contribution is 6.33. The van der Waals surface area contributed by atoms with Gasteiger partial charge >= 0.3 is 5.97 Å². The van der Waals surface area contributed by atoms with Crippen molar-refractivity contribution in [2.45, 2.75) is 12.5 Å². The first-order chi connectivity index (χ1) is 9.45. The van der Waals surface area contributed by atoms with Crippen molar-refractivity contribution in [1.29, 1.82) is 0 Å². The molecule has 0 fully saturated rings. The molecule has 0 saturated carbocycles. The summed E-state index contributed by atoms with van der Waals surface area (Å²) in [5.41, 5.74) is 7.57. The summed E-state index contributed by atoms with van der Waals surface area (Å²) in [7, 11) is 1.29. The Balaban J connectivity index is 3.13. The summed E-state index contributed by atoms with van der Waals surface area (Å²) in [5.74, 6) is -0.511. The Morgan fingerprint density at radius 1 is 1.55 bits per heavy atom. The molecule has 0 heterocycles. The Hall–Kier alpha value is -1.46. The number of nitrogens with zero attached hydrogens (tertiary/aromatic N) is 3. The van der Waals surface area contributed by atoms with E-state index in [1.165, 1.54) is 7.11 Å². The number of hydrogen-bond donors (Lipinski definition) is 1. The first kappa shape index (κ1) is 16.6. The molecule has 0 aliphatic heterocycles. The van der Waals surface area contributed by atoms with E-state index in [2.05, 4.69) is 15.3 Å². The number of methoxy groups -OCH3 is 1. The number of esters is 1. The van der Waals surface area contributed by atoms with Gasteiger partial charge in [0, 0.05) is 33.6 Å². The Labute approximate surface area is 126 Å². The van der Waals surface area contributed by atoms with Gasteiger partial charge in [0.05, 0.1) is 7.11 Å². The molecule has 0 spiro atoms. The second-order valence-electron chi connectivity index (χ2n) is 4.12. The van der Waals surface area contributed by atoms with Crippen LogP contribution in [-0.4, -0.2) is 26.2 Å². The lowest BCUT2D eigenvalue weighted by Gasteiger charge is -2.29. The molecule has 0 radical (unpaired) electrons. The van der Waals surface area contributed by atoms with Crippen LogP contribution < -0.4 is 5.32 Å². The number of carbonyl (C=O) groups excluding carboxylic acids is 1. The molecule has 20 heavy (non-hydrogen) atoms. The minimum absolute atomic E-state index is 0.196. The molecule has 0 aromatic heterocycles. The quantitative estimate of drug-likeness (QED) is 0.287. The molecule has 0 saturated heterocycles. The summed E-state index contributed by atoms with van der Waals surface area (Å²) in [6.07, 6.45) is 0. The molecular formula is C12H14Cl2N4O2. The maximum absolute atomic E-state index is 12.1. The highest BCUT2D eigenvalue weighted by Crippen LogP contribution is 2.31. The van der Waals surface area contributed by atoms with E-state index in [-0.39, 0.29) is 6.54 Å². The van der Waals surface area contributed by atoms with Crippen LogP contribution in [0.25, 0.3) is 10.4 Å². The first-order valence-electron chi connectivity index (χ1n) is 5.75. The van der Waals surface area contributed by atoms with Crippen molar-refractivity contribution in [3.05, 3.63) is 44.3 Å². The summed E-state index contributed by atoms with van der Waals surface area (Å²) < 4.78 is 4.82. The second-order valence-corrected chi connectivity index (χ2v) is 4.97. The van der Waals surface area contributed by atoms with Gasteiger partial charge < -0.3 is 4.74 Å². The van der Waals surface area contributed by atoms with Crippen LogP contribution in [-0.2, 0) is 15.1 Å². The van der Waals surface area contributed by atoms with Crippen LogP contribution in [0.4, 0.5) is 0 Å². The molecule has 1 atom stereocenters. The number of nitrogens with one attached hydrogen (secondary N) is 1. The van der Waals surface area contributed by atoms with Crippen LogP contribution in [0.1, 0.15) is 12.5 Å². The van der Waals surface area contributed by atoms with Crippen molar-refractivity contribution < 1.29 is 9.53 Å². The van der Waals surface area contributed by atoms with Crippen molar-refractivity contribution in [1.82, 2.24) is 5.32 Å². The van der Waals surface area contributed by atoms with E-state index < -0.39 is 11.5 Å². The van der Waals surface area contributed by atoms with Crippen LogP contribution >= 0.6 is 23.2 Å². The Kier molecular flexibility index (Phi) is 6.10. The maximum atomic E-state index is 12.1. The largest absolute Gasteiger partial charge is 0.467 e. The molecule has 0 aliphatic carbocycles. The monoisotopic (exact) mass is 316 g/mol. The number of azide groups is 1. The van der Waals surface area contributed by atoms with E-state index in [9.17, 15) is 4.79 Å². The van der Waals surface area contributed by atoms with Gasteiger partial charge in [-0.05, 0) is 30.7 Å². The SMILES string of the molecule is COC(=O)C(C)(NCCN=[N+]=[N-])c1cc(Cl)ccc1Cl. The van der Waals surface area contributed by atoms with E-state index in [1.54, 1.807) is 25.1 Å². The zero-order valence-corrected chi connectivity index (χ0v) is 12.6. The minimum atomic E-state index is -1.18. The fourth-order valence-corrected chi connectivity index (χ4v) is 2.24. The van der Waals surface area contributed by atoms with Gasteiger partial charge in [0.15, 0.2) is 0 Å². The van der Waals surface area contributed by atoms with Crippen LogP contribution in [0.3, 0.4) is 0 Å². The van der Waals surface area contributed by atoms with Crippen molar-refractivity contribution in [2.24, 2.45) is 5.11 Å². The van der Waals surface area contributed by atoms with Gasteiger partial charge in [-0.1, -0.05) is 28.3 Å². The van der Waals surface area contributed by atoms with Crippen molar-refractivity contribution >= 4 is 29.2 Å². The topological polar surface area (TPSA) is 87.1 Å². The van der Waals surface area contributed by atoms with E-state index >= 15 is 0 Å². The summed E-state index contributed by atoms with van der Waals surface area (Å²) in [6.45, 7) is 2.12. The molecule has 8 heteroatoms. The average molecular weight is 317 g/mol. The van der Waals surface area contributed by atoms with Crippen molar-refractivity contribution in [2.75, 3.05) is 20.2 Å². The zero-order valence-electron chi connectivity index (χ0n) is 11.1. The van der Waals surface area contributed by atoms with E-state index in [4.69, 9.17) is 33.5 Å². The van der Waals surface area contributed by atoms with Crippen LogP contribution in [0.5, 0.6) is 0 Å². The smallest absolute Gasteiger partial charge is 0.330 e. The Morgan fingerprint density at radius 2 is 2.25 bits per heavy atom. The molecule has 1 aromatic rings. The highest BCUT2D eigenvalue weighted by atomic mass is 35.5. The summed E-state index contributed by atoms with van der Waals surface area (Å²) >= 11 is 12.1. The number of hydrogen-bond acceptors (Lipinski definition) is 4. The number of halogens is 2. The number of rotatable bonds is 6.